The molecular formula is C28H29IO. The number of halogens is 1. The molecule has 2 heteroatoms. The highest BCUT2D eigenvalue weighted by Gasteiger charge is 2.42. The number of ether oxygens (including phenoxy) is 1. The van der Waals surface area contributed by atoms with Crippen LogP contribution in [-0.2, 0) is 10.3 Å². The van der Waals surface area contributed by atoms with E-state index in [9.17, 15) is 0 Å². The zero-order valence-corrected chi connectivity index (χ0v) is 19.6. The van der Waals surface area contributed by atoms with Crippen LogP contribution in [0.3, 0.4) is 0 Å². The smallest absolute Gasteiger partial charge is 0.144 e. The zero-order chi connectivity index (χ0) is 20.8. The van der Waals surface area contributed by atoms with Crippen LogP contribution in [0.2, 0.25) is 0 Å². The van der Waals surface area contributed by atoms with Gasteiger partial charge in [0.2, 0.25) is 0 Å². The minimum absolute atomic E-state index is 0.0593. The Hall–Kier alpha value is -1.91. The van der Waals surface area contributed by atoms with Gasteiger partial charge in [0.25, 0.3) is 0 Å². The summed E-state index contributed by atoms with van der Waals surface area (Å²) in [5, 5.41) is 0. The van der Waals surface area contributed by atoms with Crippen LogP contribution in [0.1, 0.15) is 42.9 Å². The summed E-state index contributed by atoms with van der Waals surface area (Å²) in [6.07, 6.45) is 5.97. The van der Waals surface area contributed by atoms with Crippen molar-refractivity contribution in [3.63, 3.8) is 0 Å². The van der Waals surface area contributed by atoms with E-state index in [4.69, 9.17) is 4.74 Å². The van der Waals surface area contributed by atoms with E-state index >= 15 is 0 Å². The van der Waals surface area contributed by atoms with E-state index in [0.717, 1.165) is 34.9 Å². The standard InChI is InChI=1S/C28H29IO/c1-2-22-20-23(22)21-27(18-19-29)30-28(24-12-6-3-7-13-24,25-14-8-4-9-15-25)26-16-10-5-11-17-26/h3-19,22-23,27H,2,20-21H2,1H3/t22-,23-,27?/m0/s1. The molecule has 0 N–H and O–H groups in total. The number of rotatable bonds is 9. The van der Waals surface area contributed by atoms with Crippen LogP contribution in [0.25, 0.3) is 0 Å². The lowest BCUT2D eigenvalue weighted by atomic mass is 9.79. The van der Waals surface area contributed by atoms with Crippen LogP contribution in [0.4, 0.5) is 0 Å². The van der Waals surface area contributed by atoms with E-state index in [1.807, 2.05) is 0 Å². The first kappa shape index (κ1) is 21.3. The SMILES string of the molecule is CC[C@H]1C[C@H]1CC(C=CI)OC(c1ccccc1)(c1ccccc1)c1ccccc1. The zero-order valence-electron chi connectivity index (χ0n) is 17.5. The fraction of sp³-hybridized carbons (Fsp3) is 0.286. The second kappa shape index (κ2) is 9.93. The maximum atomic E-state index is 7.19. The molecule has 0 spiro atoms. The van der Waals surface area contributed by atoms with Crippen LogP contribution in [0.5, 0.6) is 0 Å². The van der Waals surface area contributed by atoms with Crippen molar-refractivity contribution in [3.05, 3.63) is 118 Å². The lowest BCUT2D eigenvalue weighted by molar-refractivity contribution is -0.0303. The molecule has 4 rings (SSSR count). The average molecular weight is 508 g/mol. The molecule has 154 valence electrons. The summed E-state index contributed by atoms with van der Waals surface area (Å²) in [7, 11) is 0. The van der Waals surface area contributed by atoms with Gasteiger partial charge in [-0.3, -0.25) is 0 Å². The Labute approximate surface area is 194 Å². The lowest BCUT2D eigenvalue weighted by Crippen LogP contribution is -2.36. The van der Waals surface area contributed by atoms with Crippen molar-refractivity contribution < 1.29 is 4.74 Å². The molecule has 0 bridgehead atoms. The molecule has 1 aliphatic rings. The molecule has 30 heavy (non-hydrogen) atoms. The molecule has 3 atom stereocenters. The van der Waals surface area contributed by atoms with Gasteiger partial charge in [-0.2, -0.15) is 0 Å². The molecule has 0 amide bonds. The lowest BCUT2D eigenvalue weighted by Gasteiger charge is -2.38. The van der Waals surface area contributed by atoms with Gasteiger partial charge in [0.05, 0.1) is 6.10 Å². The van der Waals surface area contributed by atoms with Crippen molar-refractivity contribution in [1.82, 2.24) is 0 Å². The highest BCUT2D eigenvalue weighted by atomic mass is 127. The number of hydrogen-bond acceptors (Lipinski definition) is 1. The van der Waals surface area contributed by atoms with Gasteiger partial charge in [0.1, 0.15) is 5.60 Å². The van der Waals surface area contributed by atoms with Crippen LogP contribution >= 0.6 is 22.6 Å². The third-order valence-corrected chi connectivity index (χ3v) is 6.70. The largest absolute Gasteiger partial charge is 0.354 e. The topological polar surface area (TPSA) is 9.23 Å². The van der Waals surface area contributed by atoms with E-state index in [2.05, 4.69) is 131 Å². The van der Waals surface area contributed by atoms with E-state index in [1.165, 1.54) is 12.8 Å². The summed E-state index contributed by atoms with van der Waals surface area (Å²) in [6.45, 7) is 2.30. The molecule has 1 nitrogen and oxygen atoms in total. The van der Waals surface area contributed by atoms with Crippen molar-refractivity contribution in [2.75, 3.05) is 0 Å². The average Bonchev–Trinajstić information content (AvgIpc) is 3.57. The minimum Gasteiger partial charge on any atom is -0.354 e. The van der Waals surface area contributed by atoms with E-state index in [-0.39, 0.29) is 6.10 Å². The predicted molar refractivity (Wildman–Crippen MR) is 134 cm³/mol. The molecule has 0 heterocycles. The Kier molecular flexibility index (Phi) is 7.06. The summed E-state index contributed by atoms with van der Waals surface area (Å²) in [6, 6.07) is 32.0. The van der Waals surface area contributed by atoms with Crippen molar-refractivity contribution in [2.45, 2.75) is 37.9 Å². The van der Waals surface area contributed by atoms with E-state index in [0.29, 0.717) is 0 Å². The molecule has 0 aliphatic heterocycles. The minimum atomic E-state index is -0.652. The van der Waals surface area contributed by atoms with Gasteiger partial charge in [0.15, 0.2) is 0 Å². The number of hydrogen-bond donors (Lipinski definition) is 0. The Balaban J connectivity index is 1.83. The highest BCUT2D eigenvalue weighted by molar-refractivity contribution is 14.1. The summed E-state index contributed by atoms with van der Waals surface area (Å²) < 4.78 is 9.30. The molecule has 0 saturated heterocycles. The molecule has 1 saturated carbocycles. The van der Waals surface area contributed by atoms with Crippen molar-refractivity contribution >= 4 is 22.6 Å². The Morgan fingerprint density at radius 1 is 0.833 bits per heavy atom. The van der Waals surface area contributed by atoms with Gasteiger partial charge in [-0.15, -0.1) is 0 Å². The van der Waals surface area contributed by atoms with Gasteiger partial charge >= 0.3 is 0 Å². The van der Waals surface area contributed by atoms with Gasteiger partial charge < -0.3 is 4.74 Å². The molecule has 3 aromatic rings. The summed E-state index contributed by atoms with van der Waals surface area (Å²) in [4.78, 5) is 0. The van der Waals surface area contributed by atoms with Crippen LogP contribution < -0.4 is 0 Å². The predicted octanol–water partition coefficient (Wildman–Crippen LogP) is 7.75. The van der Waals surface area contributed by atoms with E-state index < -0.39 is 5.60 Å². The van der Waals surface area contributed by atoms with E-state index in [1.54, 1.807) is 0 Å². The van der Waals surface area contributed by atoms with Crippen LogP contribution in [0, 0.1) is 11.8 Å². The summed E-state index contributed by atoms with van der Waals surface area (Å²) >= 11 is 2.32. The van der Waals surface area contributed by atoms with Crippen molar-refractivity contribution in [1.29, 1.82) is 0 Å². The maximum absolute atomic E-state index is 7.19. The molecule has 1 unspecified atom stereocenters. The monoisotopic (exact) mass is 508 g/mol. The molecule has 0 aromatic heterocycles. The second-order valence-electron chi connectivity index (χ2n) is 8.15. The second-order valence-corrected chi connectivity index (χ2v) is 8.87. The fourth-order valence-corrected chi connectivity index (χ4v) is 5.06. The van der Waals surface area contributed by atoms with Gasteiger partial charge in [-0.25, -0.2) is 0 Å². The highest BCUT2D eigenvalue weighted by Crippen LogP contribution is 2.47. The Bertz CT molecular complexity index is 839. The first-order valence-electron chi connectivity index (χ1n) is 10.9. The normalized spacial score (nSPS) is 19.7. The third kappa shape index (κ3) is 4.55. The third-order valence-electron chi connectivity index (χ3n) is 6.28. The number of benzene rings is 3. The molecule has 3 aromatic carbocycles. The van der Waals surface area contributed by atoms with Crippen molar-refractivity contribution in [3.8, 4) is 0 Å². The quantitative estimate of drug-likeness (QED) is 0.212. The molecule has 0 radical (unpaired) electrons. The van der Waals surface area contributed by atoms with Gasteiger partial charge in [-0.05, 0) is 51.5 Å². The van der Waals surface area contributed by atoms with Gasteiger partial charge in [0, 0.05) is 0 Å². The van der Waals surface area contributed by atoms with Crippen LogP contribution in [0.15, 0.2) is 101 Å². The Morgan fingerprint density at radius 2 is 1.30 bits per heavy atom. The Morgan fingerprint density at radius 3 is 1.67 bits per heavy atom. The maximum Gasteiger partial charge on any atom is 0.144 e. The fourth-order valence-electron chi connectivity index (χ4n) is 4.59. The summed E-state index contributed by atoms with van der Waals surface area (Å²) in [5.41, 5.74) is 2.84. The molecule has 1 fully saturated rings. The van der Waals surface area contributed by atoms with Gasteiger partial charge in [-0.1, -0.05) is 127 Å². The first-order valence-corrected chi connectivity index (χ1v) is 12.1. The summed E-state index contributed by atoms with van der Waals surface area (Å²) in [5.74, 6) is 1.63. The molecular weight excluding hydrogens is 479 g/mol. The molecule has 1 aliphatic carbocycles. The first-order chi connectivity index (χ1) is 14.8. The van der Waals surface area contributed by atoms with Crippen molar-refractivity contribution in [2.24, 2.45) is 11.8 Å². The van der Waals surface area contributed by atoms with Crippen LogP contribution in [-0.4, -0.2) is 6.10 Å².